The fourth-order valence-electron chi connectivity index (χ4n) is 2.48. The van der Waals surface area contributed by atoms with Gasteiger partial charge in [0, 0.05) is 12.3 Å². The summed E-state index contributed by atoms with van der Waals surface area (Å²) < 4.78 is 48.2. The lowest BCUT2D eigenvalue weighted by Crippen LogP contribution is -2.30. The minimum Gasteiger partial charge on any atom is -0.449 e. The second-order valence-electron chi connectivity index (χ2n) is 6.57. The molecule has 8 nitrogen and oxygen atoms in total. The molecule has 0 saturated carbocycles. The van der Waals surface area contributed by atoms with E-state index in [1.54, 1.807) is 5.38 Å². The number of carbonyl (C=O) groups excluding carboxylic acids is 3. The van der Waals surface area contributed by atoms with Crippen LogP contribution in [0.15, 0.2) is 54.0 Å². The number of ether oxygens (including phenoxy) is 2. The van der Waals surface area contributed by atoms with E-state index in [4.69, 9.17) is 15.2 Å². The van der Waals surface area contributed by atoms with Crippen LogP contribution in [0.5, 0.6) is 11.6 Å². The second-order valence-corrected chi connectivity index (χ2v) is 7.49. The van der Waals surface area contributed by atoms with Crippen molar-refractivity contribution in [3.8, 4) is 11.6 Å². The van der Waals surface area contributed by atoms with Gasteiger partial charge in [-0.25, -0.2) is 9.78 Å². The summed E-state index contributed by atoms with van der Waals surface area (Å²) in [4.78, 5) is 39.5. The molecule has 0 saturated heterocycles. The van der Waals surface area contributed by atoms with Crippen LogP contribution in [-0.2, 0) is 15.7 Å². The Bertz CT molecular complexity index is 1160. The molecule has 2 heterocycles. The third-order valence-electron chi connectivity index (χ3n) is 4.20. The van der Waals surface area contributed by atoms with Gasteiger partial charge >= 0.3 is 12.1 Å². The smallest absolute Gasteiger partial charge is 0.417 e. The third kappa shape index (κ3) is 6.07. The summed E-state index contributed by atoms with van der Waals surface area (Å²) >= 11 is 1.10. The van der Waals surface area contributed by atoms with Gasteiger partial charge in [0.05, 0.1) is 16.7 Å². The summed E-state index contributed by atoms with van der Waals surface area (Å²) in [6.07, 6.45) is -5.03. The number of hydrogen-bond donors (Lipinski definition) is 2. The van der Waals surface area contributed by atoms with Gasteiger partial charge in [-0.15, -0.1) is 11.3 Å². The Labute approximate surface area is 189 Å². The number of amides is 2. The largest absolute Gasteiger partial charge is 0.449 e. The van der Waals surface area contributed by atoms with Crippen LogP contribution in [0.1, 0.15) is 33.2 Å². The van der Waals surface area contributed by atoms with E-state index in [2.05, 4.69) is 10.3 Å². The molecule has 0 bridgehead atoms. The van der Waals surface area contributed by atoms with E-state index in [9.17, 15) is 27.6 Å². The monoisotopic (exact) mass is 479 g/mol. The Morgan fingerprint density at radius 2 is 1.79 bits per heavy atom. The number of nitrogens with one attached hydrogen (secondary N) is 1. The number of aromatic nitrogens is 1. The first-order chi connectivity index (χ1) is 15.5. The van der Waals surface area contributed by atoms with Crippen molar-refractivity contribution in [1.29, 1.82) is 0 Å². The molecule has 172 valence electrons. The zero-order valence-electron chi connectivity index (χ0n) is 16.9. The lowest BCUT2D eigenvalue weighted by Gasteiger charge is -2.13. The maximum absolute atomic E-state index is 12.6. The van der Waals surface area contributed by atoms with Crippen molar-refractivity contribution in [3.05, 3.63) is 70.7 Å². The number of hydrogen-bond acceptors (Lipinski definition) is 7. The quantitative estimate of drug-likeness (QED) is 0.489. The SMILES string of the molecule is CC(OC(=O)c1ccc(Oc2ccc(C(F)(F)F)cn2)cc1)C(=O)Nc1sccc1C(N)=O. The minimum atomic E-state index is -4.50. The van der Waals surface area contributed by atoms with E-state index in [1.807, 2.05) is 0 Å². The topological polar surface area (TPSA) is 121 Å². The number of halogens is 3. The van der Waals surface area contributed by atoms with Crippen molar-refractivity contribution >= 4 is 34.1 Å². The van der Waals surface area contributed by atoms with E-state index in [1.165, 1.54) is 37.3 Å². The lowest BCUT2D eigenvalue weighted by atomic mass is 10.2. The molecule has 1 unspecified atom stereocenters. The van der Waals surface area contributed by atoms with Crippen molar-refractivity contribution in [1.82, 2.24) is 4.98 Å². The molecule has 3 N–H and O–H groups in total. The van der Waals surface area contributed by atoms with Crippen molar-refractivity contribution < 1.29 is 37.0 Å². The summed E-state index contributed by atoms with van der Waals surface area (Å²) in [5, 5.41) is 4.31. The molecule has 1 atom stereocenters. The van der Waals surface area contributed by atoms with E-state index in [0.29, 0.717) is 6.20 Å². The fourth-order valence-corrected chi connectivity index (χ4v) is 3.28. The summed E-state index contributed by atoms with van der Waals surface area (Å²) in [7, 11) is 0. The van der Waals surface area contributed by atoms with Gasteiger partial charge in [-0.3, -0.25) is 9.59 Å². The van der Waals surface area contributed by atoms with Crippen LogP contribution in [0.4, 0.5) is 18.2 Å². The van der Waals surface area contributed by atoms with Crippen LogP contribution in [0.25, 0.3) is 0 Å². The first kappa shape index (κ1) is 23.7. The molecule has 0 aliphatic rings. The molecule has 12 heteroatoms. The molecule has 0 fully saturated rings. The Balaban J connectivity index is 1.57. The molecular weight excluding hydrogens is 463 g/mol. The summed E-state index contributed by atoms with van der Waals surface area (Å²) in [6.45, 7) is 1.36. The van der Waals surface area contributed by atoms with Crippen molar-refractivity contribution in [2.75, 3.05) is 5.32 Å². The predicted octanol–water partition coefficient (Wildman–Crippen LogP) is 4.24. The Morgan fingerprint density at radius 1 is 1.09 bits per heavy atom. The number of carbonyl (C=O) groups is 3. The molecular formula is C21H16F3N3O5S. The average Bonchev–Trinajstić information content (AvgIpc) is 3.22. The molecule has 0 radical (unpaired) electrons. The van der Waals surface area contributed by atoms with E-state index in [-0.39, 0.29) is 27.8 Å². The van der Waals surface area contributed by atoms with E-state index >= 15 is 0 Å². The first-order valence-corrected chi connectivity index (χ1v) is 10.1. The number of rotatable bonds is 7. The molecule has 0 aliphatic carbocycles. The van der Waals surface area contributed by atoms with Crippen LogP contribution in [0.3, 0.4) is 0 Å². The zero-order chi connectivity index (χ0) is 24.2. The molecule has 3 aromatic rings. The maximum Gasteiger partial charge on any atom is 0.417 e. The van der Waals surface area contributed by atoms with E-state index < -0.39 is 35.6 Å². The fraction of sp³-hybridized carbons (Fsp3) is 0.143. The molecule has 0 aliphatic heterocycles. The molecule has 3 rings (SSSR count). The zero-order valence-corrected chi connectivity index (χ0v) is 17.7. The van der Waals surface area contributed by atoms with Gasteiger partial charge in [0.2, 0.25) is 5.88 Å². The van der Waals surface area contributed by atoms with E-state index in [0.717, 1.165) is 23.5 Å². The Kier molecular flexibility index (Phi) is 6.97. The third-order valence-corrected chi connectivity index (χ3v) is 5.03. The number of nitrogens with zero attached hydrogens (tertiary/aromatic N) is 1. The van der Waals surface area contributed by atoms with Crippen LogP contribution in [-0.4, -0.2) is 28.9 Å². The summed E-state index contributed by atoms with van der Waals surface area (Å²) in [6, 6.07) is 8.87. The Hall–Kier alpha value is -3.93. The predicted molar refractivity (Wildman–Crippen MR) is 112 cm³/mol. The normalized spacial score (nSPS) is 12.0. The molecule has 33 heavy (non-hydrogen) atoms. The highest BCUT2D eigenvalue weighted by atomic mass is 32.1. The van der Waals surface area contributed by atoms with Crippen LogP contribution in [0, 0.1) is 0 Å². The average molecular weight is 479 g/mol. The molecule has 2 aromatic heterocycles. The van der Waals surface area contributed by atoms with Crippen molar-refractivity contribution in [2.24, 2.45) is 5.73 Å². The standard InChI is InChI=1S/C21H16F3N3O5S/c1-11(18(29)27-19-15(17(25)28)8-9-33-19)31-20(30)12-2-5-14(6-3-12)32-16-7-4-13(10-26-16)21(22,23)24/h2-11H,1H3,(H2,25,28)(H,27,29). The number of esters is 1. The number of benzene rings is 1. The van der Waals surface area contributed by atoms with Gasteiger partial charge in [-0.2, -0.15) is 13.2 Å². The minimum absolute atomic E-state index is 0.0625. The molecule has 2 amide bonds. The van der Waals surface area contributed by atoms with Gasteiger partial charge in [0.15, 0.2) is 6.10 Å². The summed E-state index contributed by atoms with van der Waals surface area (Å²) in [5.74, 6) is -1.99. The van der Waals surface area contributed by atoms with Gasteiger partial charge in [-0.1, -0.05) is 0 Å². The highest BCUT2D eigenvalue weighted by Crippen LogP contribution is 2.30. The Morgan fingerprint density at radius 3 is 2.36 bits per heavy atom. The highest BCUT2D eigenvalue weighted by molar-refractivity contribution is 7.14. The van der Waals surface area contributed by atoms with Gasteiger partial charge in [0.1, 0.15) is 10.8 Å². The number of pyridine rings is 1. The number of thiophene rings is 1. The second kappa shape index (κ2) is 9.69. The van der Waals surface area contributed by atoms with Crippen molar-refractivity contribution in [3.63, 3.8) is 0 Å². The molecule has 0 spiro atoms. The number of alkyl halides is 3. The van der Waals surface area contributed by atoms with Crippen LogP contribution >= 0.6 is 11.3 Å². The van der Waals surface area contributed by atoms with Crippen LogP contribution < -0.4 is 15.8 Å². The number of nitrogens with two attached hydrogens (primary N) is 1. The van der Waals surface area contributed by atoms with Gasteiger partial charge in [0.25, 0.3) is 11.8 Å². The van der Waals surface area contributed by atoms with Crippen molar-refractivity contribution in [2.45, 2.75) is 19.2 Å². The lowest BCUT2D eigenvalue weighted by molar-refractivity contribution is -0.137. The van der Waals surface area contributed by atoms with Crippen LogP contribution in [0.2, 0.25) is 0 Å². The van der Waals surface area contributed by atoms with Gasteiger partial charge in [-0.05, 0) is 48.7 Å². The number of primary amides is 1. The number of anilines is 1. The first-order valence-electron chi connectivity index (χ1n) is 9.25. The van der Waals surface area contributed by atoms with Gasteiger partial charge < -0.3 is 20.5 Å². The summed E-state index contributed by atoms with van der Waals surface area (Å²) in [5.41, 5.74) is 4.57. The maximum atomic E-state index is 12.6. The molecule has 1 aromatic carbocycles. The highest BCUT2D eigenvalue weighted by Gasteiger charge is 2.30.